The highest BCUT2D eigenvalue weighted by Gasteiger charge is 2.32. The Balaban J connectivity index is 1.60. The maximum atomic E-state index is 13.2. The molecule has 1 atom stereocenters. The van der Waals surface area contributed by atoms with Crippen LogP contribution in [-0.2, 0) is 20.5 Å². The van der Waals surface area contributed by atoms with Crippen LogP contribution < -0.4 is 5.56 Å². The summed E-state index contributed by atoms with van der Waals surface area (Å²) >= 11 is 0. The molecule has 0 amide bonds. The Morgan fingerprint density at radius 1 is 1.03 bits per heavy atom. The molecule has 2 aromatic heterocycles. The number of aryl methyl sites for hydroxylation is 2. The summed E-state index contributed by atoms with van der Waals surface area (Å²) in [5.41, 5.74) is 2.94. The predicted molar refractivity (Wildman–Crippen MR) is 130 cm³/mol. The lowest BCUT2D eigenvalue weighted by Crippen LogP contribution is -2.42. The van der Waals surface area contributed by atoms with Crippen LogP contribution in [0.3, 0.4) is 0 Å². The molecule has 1 saturated heterocycles. The Morgan fingerprint density at radius 3 is 2.49 bits per heavy atom. The molecular weight excluding hydrogens is 468 g/mol. The fraction of sp³-hybridized carbons (Fsp3) is 0.333. The molecule has 0 unspecified atom stereocenters. The number of sulfone groups is 1. The van der Waals surface area contributed by atoms with Crippen LogP contribution in [0.25, 0.3) is 10.9 Å². The second kappa shape index (κ2) is 9.33. The number of hydrogen-bond acceptors (Lipinski definition) is 8. The number of fused-ring (bicyclic) bond motifs is 1. The van der Waals surface area contributed by atoms with E-state index in [1.807, 2.05) is 38.1 Å². The van der Waals surface area contributed by atoms with Gasteiger partial charge in [-0.05, 0) is 60.0 Å². The third kappa shape index (κ3) is 4.75. The topological polar surface area (TPSA) is 123 Å². The van der Waals surface area contributed by atoms with Crippen LogP contribution >= 0.6 is 0 Å². The number of ether oxygens (including phenoxy) is 1. The van der Waals surface area contributed by atoms with Crippen molar-refractivity contribution >= 4 is 20.7 Å². The third-order valence-electron chi connectivity index (χ3n) is 6.21. The Morgan fingerprint density at radius 2 is 1.74 bits per heavy atom. The molecule has 35 heavy (non-hydrogen) atoms. The van der Waals surface area contributed by atoms with Gasteiger partial charge in [-0.3, -0.25) is 9.69 Å². The van der Waals surface area contributed by atoms with Crippen molar-refractivity contribution in [3.05, 3.63) is 81.4 Å². The van der Waals surface area contributed by atoms with E-state index >= 15 is 0 Å². The molecule has 3 heterocycles. The summed E-state index contributed by atoms with van der Waals surface area (Å²) < 4.78 is 33.1. The summed E-state index contributed by atoms with van der Waals surface area (Å²) in [7, 11) is -3.73. The van der Waals surface area contributed by atoms with E-state index in [-0.39, 0.29) is 10.5 Å². The maximum absolute atomic E-state index is 13.2. The van der Waals surface area contributed by atoms with Gasteiger partial charge >= 0.3 is 0 Å². The standard InChI is InChI=1S/C24H26N6O4S/c1-16-3-6-19(7-4-16)35(32,33)15-30-23(26-27-28-30)22(29-9-11-34-12-10-29)20-14-18-13-17(2)5-8-21(18)25-24(20)31/h3-8,13-14,22H,9-12,15H2,1-2H3,(H,25,31)/t22-/m1/s1. The van der Waals surface area contributed by atoms with E-state index < -0.39 is 21.8 Å². The molecule has 1 aliphatic rings. The minimum atomic E-state index is -3.73. The molecule has 0 spiro atoms. The molecule has 0 bridgehead atoms. The quantitative estimate of drug-likeness (QED) is 0.432. The largest absolute Gasteiger partial charge is 0.379 e. The van der Waals surface area contributed by atoms with Crippen LogP contribution in [0.4, 0.5) is 0 Å². The monoisotopic (exact) mass is 494 g/mol. The van der Waals surface area contributed by atoms with Gasteiger partial charge in [-0.2, -0.15) is 0 Å². The second-order valence-corrected chi connectivity index (χ2v) is 10.7. The summed E-state index contributed by atoms with van der Waals surface area (Å²) in [6, 6.07) is 13.7. The zero-order valence-corrected chi connectivity index (χ0v) is 20.3. The SMILES string of the molecule is Cc1ccc(S(=O)(=O)Cn2nnnc2[C@@H](c2cc3cc(C)ccc3[nH]c2=O)N2CCOCC2)cc1. The van der Waals surface area contributed by atoms with E-state index in [1.165, 1.54) is 4.68 Å². The van der Waals surface area contributed by atoms with Crippen molar-refractivity contribution in [2.45, 2.75) is 30.7 Å². The van der Waals surface area contributed by atoms with Gasteiger partial charge in [0.1, 0.15) is 6.04 Å². The lowest BCUT2D eigenvalue weighted by Gasteiger charge is -2.33. The Kier molecular flexibility index (Phi) is 6.22. The summed E-state index contributed by atoms with van der Waals surface area (Å²) in [6.45, 7) is 5.96. The number of hydrogen-bond donors (Lipinski definition) is 1. The first-order valence-electron chi connectivity index (χ1n) is 11.3. The van der Waals surface area contributed by atoms with Crippen LogP contribution in [0.15, 0.2) is 58.2 Å². The number of tetrazole rings is 1. The van der Waals surface area contributed by atoms with Gasteiger partial charge in [0, 0.05) is 24.2 Å². The number of pyridine rings is 1. The van der Waals surface area contributed by atoms with Crippen LogP contribution in [0.2, 0.25) is 0 Å². The van der Waals surface area contributed by atoms with Gasteiger partial charge in [-0.15, -0.1) is 5.10 Å². The number of aromatic nitrogens is 5. The highest BCUT2D eigenvalue weighted by molar-refractivity contribution is 7.90. The summed E-state index contributed by atoms with van der Waals surface area (Å²) in [5.74, 6) is -0.149. The molecular formula is C24H26N6O4S. The molecule has 1 aliphatic heterocycles. The van der Waals surface area contributed by atoms with Gasteiger partial charge in [0.2, 0.25) is 0 Å². The Labute approximate surface area is 202 Å². The summed E-state index contributed by atoms with van der Waals surface area (Å²) in [4.78, 5) is 18.4. The molecule has 0 radical (unpaired) electrons. The molecule has 10 nitrogen and oxygen atoms in total. The van der Waals surface area contributed by atoms with Crippen molar-refractivity contribution in [3.8, 4) is 0 Å². The molecule has 1 fully saturated rings. The van der Waals surface area contributed by atoms with E-state index in [9.17, 15) is 13.2 Å². The van der Waals surface area contributed by atoms with Crippen molar-refractivity contribution in [2.24, 2.45) is 0 Å². The molecule has 1 N–H and O–H groups in total. The van der Waals surface area contributed by atoms with Crippen LogP contribution in [-0.4, -0.2) is 64.8 Å². The number of nitrogens with one attached hydrogen (secondary N) is 1. The van der Waals surface area contributed by atoms with Crippen molar-refractivity contribution in [1.29, 1.82) is 0 Å². The highest BCUT2D eigenvalue weighted by atomic mass is 32.2. The van der Waals surface area contributed by atoms with E-state index in [0.717, 1.165) is 22.0 Å². The first-order valence-corrected chi connectivity index (χ1v) is 13.0. The van der Waals surface area contributed by atoms with E-state index in [1.54, 1.807) is 24.3 Å². The number of H-pyrrole nitrogens is 1. The molecule has 182 valence electrons. The van der Waals surface area contributed by atoms with Crippen molar-refractivity contribution < 1.29 is 13.2 Å². The number of nitrogens with zero attached hydrogens (tertiary/aromatic N) is 5. The zero-order valence-electron chi connectivity index (χ0n) is 19.5. The van der Waals surface area contributed by atoms with Gasteiger partial charge in [-0.1, -0.05) is 29.3 Å². The number of aromatic amines is 1. The number of morpholine rings is 1. The molecule has 11 heteroatoms. The molecule has 2 aromatic carbocycles. The van der Waals surface area contributed by atoms with Crippen LogP contribution in [0.5, 0.6) is 0 Å². The minimum Gasteiger partial charge on any atom is -0.379 e. The number of benzene rings is 2. The summed E-state index contributed by atoms with van der Waals surface area (Å²) in [5, 5.41) is 12.9. The first kappa shape index (κ1) is 23.3. The van der Waals surface area contributed by atoms with Crippen LogP contribution in [0, 0.1) is 13.8 Å². The molecule has 4 aromatic rings. The molecule has 0 saturated carbocycles. The van der Waals surface area contributed by atoms with Crippen LogP contribution in [0.1, 0.15) is 28.6 Å². The fourth-order valence-corrected chi connectivity index (χ4v) is 5.57. The lowest BCUT2D eigenvalue weighted by molar-refractivity contribution is 0.0215. The van der Waals surface area contributed by atoms with Crippen molar-refractivity contribution in [1.82, 2.24) is 30.1 Å². The molecule has 0 aliphatic carbocycles. The number of rotatable bonds is 6. The van der Waals surface area contributed by atoms with Gasteiger partial charge in [0.15, 0.2) is 21.5 Å². The molecule has 5 rings (SSSR count). The fourth-order valence-electron chi connectivity index (χ4n) is 4.36. The smallest absolute Gasteiger partial charge is 0.253 e. The average Bonchev–Trinajstić information content (AvgIpc) is 3.27. The second-order valence-electron chi connectivity index (χ2n) is 8.79. The highest BCUT2D eigenvalue weighted by Crippen LogP contribution is 2.28. The Hall–Kier alpha value is -3.41. The van der Waals surface area contributed by atoms with Crippen molar-refractivity contribution in [3.63, 3.8) is 0 Å². The van der Waals surface area contributed by atoms with Gasteiger partial charge in [-0.25, -0.2) is 13.1 Å². The normalized spacial score (nSPS) is 15.9. The predicted octanol–water partition coefficient (Wildman–Crippen LogP) is 1.98. The maximum Gasteiger partial charge on any atom is 0.253 e. The van der Waals surface area contributed by atoms with E-state index in [4.69, 9.17) is 4.74 Å². The lowest BCUT2D eigenvalue weighted by atomic mass is 10.0. The average molecular weight is 495 g/mol. The van der Waals surface area contributed by atoms with Crippen molar-refractivity contribution in [2.75, 3.05) is 26.3 Å². The van der Waals surface area contributed by atoms with Gasteiger partial charge < -0.3 is 9.72 Å². The first-order chi connectivity index (χ1) is 16.8. The van der Waals surface area contributed by atoms with E-state index in [2.05, 4.69) is 25.4 Å². The minimum absolute atomic E-state index is 0.187. The zero-order chi connectivity index (χ0) is 24.6. The van der Waals surface area contributed by atoms with Gasteiger partial charge in [0.25, 0.3) is 5.56 Å². The Bertz CT molecular complexity index is 1520. The van der Waals surface area contributed by atoms with Gasteiger partial charge in [0.05, 0.1) is 18.1 Å². The van der Waals surface area contributed by atoms with E-state index in [0.29, 0.717) is 37.7 Å². The summed E-state index contributed by atoms with van der Waals surface area (Å²) in [6.07, 6.45) is 0. The third-order valence-corrected chi connectivity index (χ3v) is 7.79.